The van der Waals surface area contributed by atoms with Crippen molar-refractivity contribution in [1.29, 1.82) is 0 Å². The molecule has 1 heterocycles. The standard InChI is InChI=1S/C8H10.C7H9N.2C2H6/c1-7-5-3-4-6-8(7)2;1-6-3-4-8-5-7(6)2;2*1-2/h3-6H,1-2H3;3-5H,1-2H3;2*1-2H3. The van der Waals surface area contributed by atoms with E-state index in [9.17, 15) is 0 Å². The minimum Gasteiger partial charge on any atom is -0.264 e. The van der Waals surface area contributed by atoms with Gasteiger partial charge in [0.1, 0.15) is 0 Å². The van der Waals surface area contributed by atoms with Crippen LogP contribution in [0.3, 0.4) is 0 Å². The summed E-state index contributed by atoms with van der Waals surface area (Å²) in [5.74, 6) is 0. The lowest BCUT2D eigenvalue weighted by Crippen LogP contribution is -1.78. The van der Waals surface area contributed by atoms with Crippen molar-refractivity contribution >= 4 is 0 Å². The maximum absolute atomic E-state index is 3.95. The molecule has 1 heteroatoms. The smallest absolute Gasteiger partial charge is 0.0299 e. The molecule has 2 rings (SSSR count). The first-order valence-electron chi connectivity index (χ1n) is 7.50. The second-order valence-electron chi connectivity index (χ2n) is 4.04. The number of benzene rings is 1. The molecule has 0 fully saturated rings. The summed E-state index contributed by atoms with van der Waals surface area (Å²) in [5, 5.41) is 0. The van der Waals surface area contributed by atoms with Gasteiger partial charge in [-0.3, -0.25) is 4.98 Å². The van der Waals surface area contributed by atoms with E-state index in [-0.39, 0.29) is 0 Å². The highest BCUT2D eigenvalue weighted by Crippen LogP contribution is 2.02. The maximum Gasteiger partial charge on any atom is 0.0299 e. The van der Waals surface area contributed by atoms with Crippen LogP contribution in [-0.4, -0.2) is 4.98 Å². The van der Waals surface area contributed by atoms with E-state index in [0.29, 0.717) is 0 Å². The summed E-state index contributed by atoms with van der Waals surface area (Å²) in [6, 6.07) is 10.4. The van der Waals surface area contributed by atoms with E-state index in [2.05, 4.69) is 56.9 Å². The molecular weight excluding hydrogens is 242 g/mol. The molecule has 0 spiro atoms. The Bertz CT molecular complexity index is 362. The van der Waals surface area contributed by atoms with Gasteiger partial charge in [0.05, 0.1) is 0 Å². The lowest BCUT2D eigenvalue weighted by atomic mass is 10.1. The summed E-state index contributed by atoms with van der Waals surface area (Å²) in [6.07, 6.45) is 3.68. The zero-order chi connectivity index (χ0) is 16.0. The highest BCUT2D eigenvalue weighted by atomic mass is 14.6. The van der Waals surface area contributed by atoms with Crippen molar-refractivity contribution in [3.8, 4) is 0 Å². The molecule has 1 nitrogen and oxygen atoms in total. The number of aryl methyl sites for hydroxylation is 4. The van der Waals surface area contributed by atoms with E-state index in [1.165, 1.54) is 22.3 Å². The van der Waals surface area contributed by atoms with Gasteiger partial charge in [-0.1, -0.05) is 52.0 Å². The lowest BCUT2D eigenvalue weighted by molar-refractivity contribution is 1.22. The number of aromatic nitrogens is 1. The zero-order valence-electron chi connectivity index (χ0n) is 14.5. The van der Waals surface area contributed by atoms with E-state index in [1.807, 2.05) is 46.2 Å². The van der Waals surface area contributed by atoms with Crippen molar-refractivity contribution in [2.75, 3.05) is 0 Å². The SMILES string of the molecule is CC.CC.Cc1ccccc1C.Cc1ccncc1C. The van der Waals surface area contributed by atoms with Crippen LogP contribution < -0.4 is 0 Å². The molecule has 1 aromatic carbocycles. The average molecular weight is 273 g/mol. The number of hydrogen-bond acceptors (Lipinski definition) is 1. The minimum absolute atomic E-state index is 1.26. The Morgan fingerprint density at radius 3 is 1.25 bits per heavy atom. The van der Waals surface area contributed by atoms with Crippen molar-refractivity contribution in [1.82, 2.24) is 4.98 Å². The van der Waals surface area contributed by atoms with Gasteiger partial charge in [-0.25, -0.2) is 0 Å². The third-order valence-electron chi connectivity index (χ3n) is 2.73. The fourth-order valence-corrected chi connectivity index (χ4v) is 1.21. The summed E-state index contributed by atoms with van der Waals surface area (Å²) in [7, 11) is 0. The van der Waals surface area contributed by atoms with E-state index < -0.39 is 0 Å². The Balaban J connectivity index is 0. The van der Waals surface area contributed by atoms with Crippen molar-refractivity contribution < 1.29 is 0 Å². The second kappa shape index (κ2) is 13.8. The summed E-state index contributed by atoms with van der Waals surface area (Å²) in [5.41, 5.74) is 5.30. The molecule has 1 aromatic heterocycles. The van der Waals surface area contributed by atoms with Crippen LogP contribution in [0.5, 0.6) is 0 Å². The first-order chi connectivity index (χ1) is 9.61. The fraction of sp³-hybridized carbons (Fsp3) is 0.421. The van der Waals surface area contributed by atoms with Gasteiger partial charge in [-0.05, 0) is 56.0 Å². The van der Waals surface area contributed by atoms with Crippen molar-refractivity contribution in [2.24, 2.45) is 0 Å². The number of hydrogen-bond donors (Lipinski definition) is 0. The third kappa shape index (κ3) is 9.32. The molecule has 0 unspecified atom stereocenters. The monoisotopic (exact) mass is 273 g/mol. The highest BCUT2D eigenvalue weighted by Gasteiger charge is 1.85. The topological polar surface area (TPSA) is 12.9 Å². The van der Waals surface area contributed by atoms with Crippen LogP contribution in [0.2, 0.25) is 0 Å². The van der Waals surface area contributed by atoms with E-state index in [4.69, 9.17) is 0 Å². The van der Waals surface area contributed by atoms with Crippen LogP contribution in [0.4, 0.5) is 0 Å². The van der Waals surface area contributed by atoms with E-state index >= 15 is 0 Å². The Hall–Kier alpha value is -1.63. The van der Waals surface area contributed by atoms with Crippen molar-refractivity contribution in [3.63, 3.8) is 0 Å². The van der Waals surface area contributed by atoms with Crippen molar-refractivity contribution in [2.45, 2.75) is 55.4 Å². The first kappa shape index (κ1) is 20.7. The molecule has 112 valence electrons. The summed E-state index contributed by atoms with van der Waals surface area (Å²) >= 11 is 0. The van der Waals surface area contributed by atoms with E-state index in [0.717, 1.165) is 0 Å². The molecule has 0 radical (unpaired) electrons. The predicted octanol–water partition coefficient (Wildman–Crippen LogP) is 6.05. The summed E-state index contributed by atoms with van der Waals surface area (Å²) in [4.78, 5) is 3.95. The van der Waals surface area contributed by atoms with Gasteiger partial charge in [-0.15, -0.1) is 0 Å². The van der Waals surface area contributed by atoms with Gasteiger partial charge in [0.15, 0.2) is 0 Å². The molecule has 0 aliphatic heterocycles. The normalized spacial score (nSPS) is 8.00. The largest absolute Gasteiger partial charge is 0.264 e. The first-order valence-corrected chi connectivity index (χ1v) is 7.50. The van der Waals surface area contributed by atoms with Gasteiger partial charge in [0.25, 0.3) is 0 Å². The van der Waals surface area contributed by atoms with Crippen molar-refractivity contribution in [3.05, 3.63) is 65.0 Å². The fourth-order valence-electron chi connectivity index (χ4n) is 1.21. The molecule has 0 bridgehead atoms. The number of pyridine rings is 1. The highest BCUT2D eigenvalue weighted by molar-refractivity contribution is 5.23. The van der Waals surface area contributed by atoms with Crippen LogP contribution in [0.1, 0.15) is 49.9 Å². The third-order valence-corrected chi connectivity index (χ3v) is 2.73. The number of rotatable bonds is 0. The van der Waals surface area contributed by atoms with Gasteiger partial charge in [-0.2, -0.15) is 0 Å². The molecule has 2 aromatic rings. The number of nitrogens with zero attached hydrogens (tertiary/aromatic N) is 1. The Labute approximate surface area is 126 Å². The van der Waals surface area contributed by atoms with Crippen LogP contribution in [0.15, 0.2) is 42.7 Å². The quantitative estimate of drug-likeness (QED) is 0.569. The Morgan fingerprint density at radius 1 is 0.600 bits per heavy atom. The van der Waals surface area contributed by atoms with Crippen LogP contribution in [-0.2, 0) is 0 Å². The van der Waals surface area contributed by atoms with Gasteiger partial charge >= 0.3 is 0 Å². The van der Waals surface area contributed by atoms with E-state index in [1.54, 1.807) is 0 Å². The molecular formula is C19H31N. The van der Waals surface area contributed by atoms with Gasteiger partial charge in [0.2, 0.25) is 0 Å². The molecule has 0 aliphatic rings. The maximum atomic E-state index is 3.95. The minimum atomic E-state index is 1.26. The Kier molecular flexibility index (Phi) is 14.3. The summed E-state index contributed by atoms with van der Waals surface area (Å²) in [6.45, 7) is 16.4. The second-order valence-corrected chi connectivity index (χ2v) is 4.04. The van der Waals surface area contributed by atoms with Gasteiger partial charge in [0, 0.05) is 12.4 Å². The predicted molar refractivity (Wildman–Crippen MR) is 92.3 cm³/mol. The van der Waals surface area contributed by atoms with Crippen LogP contribution in [0, 0.1) is 27.7 Å². The van der Waals surface area contributed by atoms with Crippen LogP contribution in [0.25, 0.3) is 0 Å². The molecule has 0 N–H and O–H groups in total. The Morgan fingerprint density at radius 2 is 1.00 bits per heavy atom. The molecule has 0 saturated carbocycles. The summed E-state index contributed by atoms with van der Waals surface area (Å²) < 4.78 is 0. The van der Waals surface area contributed by atoms with Gasteiger partial charge < -0.3 is 0 Å². The molecule has 20 heavy (non-hydrogen) atoms. The lowest BCUT2D eigenvalue weighted by Gasteiger charge is -1.93. The van der Waals surface area contributed by atoms with Crippen LogP contribution >= 0.6 is 0 Å². The molecule has 0 amide bonds. The molecule has 0 atom stereocenters. The molecule has 0 aliphatic carbocycles. The average Bonchev–Trinajstić information content (AvgIpc) is 2.50. The zero-order valence-corrected chi connectivity index (χ0v) is 14.5. The molecule has 0 saturated heterocycles.